The van der Waals surface area contributed by atoms with Crippen molar-refractivity contribution in [3.63, 3.8) is 0 Å². The Morgan fingerprint density at radius 1 is 1.17 bits per heavy atom. The van der Waals surface area contributed by atoms with Gasteiger partial charge in [0.05, 0.1) is 5.41 Å². The third-order valence-corrected chi connectivity index (χ3v) is 4.45. The number of benzene rings is 1. The Hall–Kier alpha value is -3.22. The van der Waals surface area contributed by atoms with E-state index in [1.165, 1.54) is 0 Å². The van der Waals surface area contributed by atoms with Crippen LogP contribution in [0.1, 0.15) is 44.4 Å². The Bertz CT molecular complexity index is 916. The molecule has 0 amide bonds. The van der Waals surface area contributed by atoms with E-state index in [0.29, 0.717) is 12.5 Å². The molecule has 0 bridgehead atoms. The van der Waals surface area contributed by atoms with Crippen molar-refractivity contribution in [1.29, 1.82) is 5.41 Å². The maximum Gasteiger partial charge on any atom is 0.300 e. The lowest BCUT2D eigenvalue weighted by atomic mass is 9.90. The van der Waals surface area contributed by atoms with Crippen molar-refractivity contribution in [3.05, 3.63) is 47.2 Å². The summed E-state index contributed by atoms with van der Waals surface area (Å²) in [7, 11) is 0. The van der Waals surface area contributed by atoms with E-state index in [-0.39, 0.29) is 11.6 Å². The largest absolute Gasteiger partial charge is 0.481 e. The standard InChI is InChI=1S/C20H25N3O2.C2H4O2/c1-12-8-15(6-7-16(12)19(21)22)17-10-23-18(9-13(17)2)25-11-20(4,5)14(3)24;1-2(3)4/h6-10H,11H2,1-5H3,(H3,21,22);1H3,(H,3,4). The minimum absolute atomic E-state index is 0.0655. The number of ether oxygens (including phenoxy) is 1. The number of hydrogen-bond donors (Lipinski definition) is 3. The van der Waals surface area contributed by atoms with Crippen LogP contribution in [0.5, 0.6) is 5.88 Å². The number of nitrogen functional groups attached to an aromatic ring is 1. The highest BCUT2D eigenvalue weighted by Crippen LogP contribution is 2.27. The van der Waals surface area contributed by atoms with Gasteiger partial charge in [-0.2, -0.15) is 0 Å². The Balaban J connectivity index is 0.000000960. The van der Waals surface area contributed by atoms with Crippen LogP contribution in [-0.4, -0.2) is 34.3 Å². The fraction of sp³-hybridized carbons (Fsp3) is 0.364. The molecule has 1 aromatic heterocycles. The Morgan fingerprint density at radius 3 is 2.21 bits per heavy atom. The molecule has 7 nitrogen and oxygen atoms in total. The number of carboxylic acids is 1. The SMILES string of the molecule is CC(=O)C(C)(C)COc1cc(C)c(-c2ccc(C(=N)N)c(C)c2)cn1.CC(=O)O. The molecule has 2 rings (SSSR count). The molecule has 0 fully saturated rings. The normalized spacial score (nSPS) is 10.6. The summed E-state index contributed by atoms with van der Waals surface area (Å²) in [5, 5.41) is 15.0. The molecule has 0 radical (unpaired) electrons. The van der Waals surface area contributed by atoms with Gasteiger partial charge >= 0.3 is 0 Å². The number of amidine groups is 1. The number of nitrogens with two attached hydrogens (primary N) is 1. The predicted molar refractivity (Wildman–Crippen MR) is 113 cm³/mol. The first-order valence-corrected chi connectivity index (χ1v) is 9.10. The average molecular weight is 399 g/mol. The summed E-state index contributed by atoms with van der Waals surface area (Å²) >= 11 is 0. The number of carbonyl (C=O) groups is 2. The minimum atomic E-state index is -0.833. The number of aryl methyl sites for hydroxylation is 2. The average Bonchev–Trinajstić information content (AvgIpc) is 2.59. The molecular weight excluding hydrogens is 370 g/mol. The van der Waals surface area contributed by atoms with Crippen molar-refractivity contribution in [2.24, 2.45) is 11.1 Å². The summed E-state index contributed by atoms with van der Waals surface area (Å²) in [4.78, 5) is 24.9. The first-order chi connectivity index (χ1) is 13.3. The van der Waals surface area contributed by atoms with Crippen LogP contribution in [0.15, 0.2) is 30.5 Å². The summed E-state index contributed by atoms with van der Waals surface area (Å²) < 4.78 is 5.70. The molecule has 7 heteroatoms. The molecular formula is C22H29N3O4. The predicted octanol–water partition coefficient (Wildman–Crippen LogP) is 3.73. The monoisotopic (exact) mass is 399 g/mol. The van der Waals surface area contributed by atoms with E-state index in [1.54, 1.807) is 13.1 Å². The molecule has 0 saturated heterocycles. The van der Waals surface area contributed by atoms with E-state index in [9.17, 15) is 4.79 Å². The van der Waals surface area contributed by atoms with Gasteiger partial charge in [0.1, 0.15) is 18.2 Å². The van der Waals surface area contributed by atoms with E-state index >= 15 is 0 Å². The highest BCUT2D eigenvalue weighted by Gasteiger charge is 2.24. The molecule has 1 heterocycles. The molecule has 2 aromatic rings. The van der Waals surface area contributed by atoms with Gasteiger partial charge < -0.3 is 15.6 Å². The third kappa shape index (κ3) is 7.03. The number of aliphatic carboxylic acids is 1. The number of nitrogens with zero attached hydrogens (tertiary/aromatic N) is 1. The van der Waals surface area contributed by atoms with Gasteiger partial charge in [0.15, 0.2) is 0 Å². The second kappa shape index (κ2) is 9.82. The van der Waals surface area contributed by atoms with Crippen LogP contribution in [0.4, 0.5) is 0 Å². The van der Waals surface area contributed by atoms with Gasteiger partial charge in [-0.05, 0) is 51.3 Å². The van der Waals surface area contributed by atoms with E-state index in [0.717, 1.165) is 34.7 Å². The lowest BCUT2D eigenvalue weighted by Crippen LogP contribution is -2.29. The van der Waals surface area contributed by atoms with E-state index < -0.39 is 11.4 Å². The highest BCUT2D eigenvalue weighted by molar-refractivity contribution is 5.97. The second-order valence-electron chi connectivity index (χ2n) is 7.53. The molecule has 1 aromatic carbocycles. The molecule has 0 aliphatic carbocycles. The van der Waals surface area contributed by atoms with Crippen LogP contribution >= 0.6 is 0 Å². The Morgan fingerprint density at radius 2 is 1.76 bits per heavy atom. The summed E-state index contributed by atoms with van der Waals surface area (Å²) in [6.07, 6.45) is 1.77. The Kier molecular flexibility index (Phi) is 8.06. The number of aromatic nitrogens is 1. The molecule has 0 aliphatic heterocycles. The number of hydrogen-bond acceptors (Lipinski definition) is 5. The van der Waals surface area contributed by atoms with Crippen molar-refractivity contribution in [1.82, 2.24) is 4.98 Å². The summed E-state index contributed by atoms with van der Waals surface area (Å²) in [6, 6.07) is 7.67. The molecule has 4 N–H and O–H groups in total. The van der Waals surface area contributed by atoms with Gasteiger partial charge in [-0.1, -0.05) is 18.2 Å². The topological polar surface area (TPSA) is 126 Å². The van der Waals surface area contributed by atoms with Crippen molar-refractivity contribution in [3.8, 4) is 17.0 Å². The van der Waals surface area contributed by atoms with E-state index in [1.807, 2.05) is 52.0 Å². The van der Waals surface area contributed by atoms with Crippen LogP contribution < -0.4 is 10.5 Å². The Labute approximate surface area is 171 Å². The van der Waals surface area contributed by atoms with E-state index in [4.69, 9.17) is 25.8 Å². The van der Waals surface area contributed by atoms with Gasteiger partial charge in [0.25, 0.3) is 5.97 Å². The molecule has 0 aliphatic rings. The van der Waals surface area contributed by atoms with Crippen molar-refractivity contribution in [2.75, 3.05) is 6.61 Å². The highest BCUT2D eigenvalue weighted by atomic mass is 16.5. The first-order valence-electron chi connectivity index (χ1n) is 9.10. The van der Waals surface area contributed by atoms with Gasteiger partial charge in [-0.25, -0.2) is 4.98 Å². The summed E-state index contributed by atoms with van der Waals surface area (Å²) in [5.41, 5.74) is 9.77. The van der Waals surface area contributed by atoms with Gasteiger partial charge in [-0.3, -0.25) is 15.0 Å². The number of ketones is 1. The number of nitrogens with one attached hydrogen (secondary N) is 1. The molecule has 0 spiro atoms. The van der Waals surface area contributed by atoms with Crippen LogP contribution in [0.25, 0.3) is 11.1 Å². The van der Waals surface area contributed by atoms with Gasteiger partial charge in [0.2, 0.25) is 5.88 Å². The fourth-order valence-electron chi connectivity index (χ4n) is 2.40. The fourth-order valence-corrected chi connectivity index (χ4v) is 2.40. The molecule has 0 saturated carbocycles. The van der Waals surface area contributed by atoms with Crippen molar-refractivity contribution < 1.29 is 19.4 Å². The number of carboxylic acid groups (broad SMARTS) is 1. The summed E-state index contributed by atoms with van der Waals surface area (Å²) in [6.45, 7) is 10.6. The zero-order valence-corrected chi connectivity index (χ0v) is 17.8. The molecule has 29 heavy (non-hydrogen) atoms. The zero-order valence-electron chi connectivity index (χ0n) is 17.8. The first kappa shape index (κ1) is 23.8. The minimum Gasteiger partial charge on any atom is -0.481 e. The molecule has 156 valence electrons. The van der Waals surface area contributed by atoms with E-state index in [2.05, 4.69) is 4.98 Å². The lowest BCUT2D eigenvalue weighted by Gasteiger charge is -2.21. The van der Waals surface area contributed by atoms with Crippen molar-refractivity contribution >= 4 is 17.6 Å². The van der Waals surface area contributed by atoms with Crippen LogP contribution in [0, 0.1) is 24.7 Å². The maximum absolute atomic E-state index is 11.6. The lowest BCUT2D eigenvalue weighted by molar-refractivity contribution is -0.134. The van der Waals surface area contributed by atoms with Crippen LogP contribution in [0.2, 0.25) is 0 Å². The van der Waals surface area contributed by atoms with Gasteiger partial charge in [-0.15, -0.1) is 0 Å². The third-order valence-electron chi connectivity index (χ3n) is 4.45. The molecule has 0 atom stereocenters. The quantitative estimate of drug-likeness (QED) is 0.502. The van der Waals surface area contributed by atoms with Crippen LogP contribution in [-0.2, 0) is 9.59 Å². The molecule has 0 unspecified atom stereocenters. The van der Waals surface area contributed by atoms with Crippen LogP contribution in [0.3, 0.4) is 0 Å². The number of Topliss-reactive ketones (excluding diaryl/α,β-unsaturated/α-hetero) is 1. The second-order valence-corrected chi connectivity index (χ2v) is 7.53. The number of rotatable bonds is 6. The number of carbonyl (C=O) groups excluding carboxylic acids is 1. The zero-order chi connectivity index (χ0) is 22.4. The van der Waals surface area contributed by atoms with Crippen molar-refractivity contribution in [2.45, 2.75) is 41.5 Å². The number of pyridine rings is 1. The van der Waals surface area contributed by atoms with Gasteiger partial charge in [0, 0.05) is 30.3 Å². The maximum atomic E-state index is 11.6. The summed E-state index contributed by atoms with van der Waals surface area (Å²) in [5.74, 6) is -0.176. The smallest absolute Gasteiger partial charge is 0.300 e.